The molecule has 4 aromatic rings. The number of hydrogen-bond acceptors (Lipinski definition) is 5. The first-order valence-corrected chi connectivity index (χ1v) is 8.96. The number of nitrogens with zero attached hydrogens (tertiary/aromatic N) is 4. The number of benzene rings is 2. The Morgan fingerprint density at radius 3 is 2.52 bits per heavy atom. The molecule has 0 atom stereocenters. The maximum absolute atomic E-state index is 14.6. The van der Waals surface area contributed by atoms with Gasteiger partial charge in [-0.25, -0.2) is 9.67 Å². The van der Waals surface area contributed by atoms with Crippen LogP contribution in [0.1, 0.15) is 11.1 Å². The van der Waals surface area contributed by atoms with Crippen molar-refractivity contribution in [2.24, 2.45) is 0 Å². The van der Waals surface area contributed by atoms with Gasteiger partial charge in [-0.2, -0.15) is 14.8 Å². The Morgan fingerprint density at radius 1 is 1.14 bits per heavy atom. The van der Waals surface area contributed by atoms with Gasteiger partial charge in [0, 0.05) is 5.39 Å². The lowest BCUT2D eigenvalue weighted by Gasteiger charge is -2.12. The van der Waals surface area contributed by atoms with Crippen LogP contribution in [-0.2, 0) is 6.54 Å². The molecule has 0 fully saturated rings. The minimum Gasteiger partial charge on any atom is -0.382 e. The quantitative estimate of drug-likeness (QED) is 0.523. The standard InChI is InChI=1S/C21H13ClFN5O/c22-17-9-16(19(23)26-20(17)25)18-14-3-1-2-4-15(14)21(29)28(27-18)11-13-7-5-12(10-24)6-8-13/h1-9H,11H2,(H2,25,26). The maximum atomic E-state index is 14.6. The lowest BCUT2D eigenvalue weighted by Crippen LogP contribution is -2.24. The number of halogens is 2. The molecule has 2 N–H and O–H groups in total. The maximum Gasteiger partial charge on any atom is 0.274 e. The Balaban J connectivity index is 1.93. The Kier molecular flexibility index (Phi) is 4.71. The van der Waals surface area contributed by atoms with Crippen LogP contribution in [0.4, 0.5) is 10.2 Å². The zero-order valence-corrected chi connectivity index (χ0v) is 15.7. The molecule has 6 nitrogen and oxygen atoms in total. The van der Waals surface area contributed by atoms with Gasteiger partial charge in [0.25, 0.3) is 5.56 Å². The first-order chi connectivity index (χ1) is 14.0. The summed E-state index contributed by atoms with van der Waals surface area (Å²) in [6.45, 7) is 0.153. The third-order valence-electron chi connectivity index (χ3n) is 4.49. The van der Waals surface area contributed by atoms with Crippen molar-refractivity contribution in [3.8, 4) is 17.3 Å². The number of rotatable bonds is 3. The van der Waals surface area contributed by atoms with Gasteiger partial charge < -0.3 is 5.73 Å². The van der Waals surface area contributed by atoms with E-state index >= 15 is 0 Å². The molecular weight excluding hydrogens is 393 g/mol. The minimum absolute atomic E-state index is 0.0500. The number of anilines is 1. The van der Waals surface area contributed by atoms with Crippen LogP contribution in [0.25, 0.3) is 22.0 Å². The molecule has 8 heteroatoms. The van der Waals surface area contributed by atoms with Gasteiger partial charge in [-0.3, -0.25) is 4.79 Å². The lowest BCUT2D eigenvalue weighted by molar-refractivity contribution is 0.586. The van der Waals surface area contributed by atoms with E-state index in [-0.39, 0.29) is 34.2 Å². The van der Waals surface area contributed by atoms with Crippen LogP contribution in [0, 0.1) is 17.3 Å². The minimum atomic E-state index is -0.826. The molecule has 0 spiro atoms. The molecule has 0 saturated heterocycles. The molecule has 29 heavy (non-hydrogen) atoms. The smallest absolute Gasteiger partial charge is 0.274 e. The second-order valence-electron chi connectivity index (χ2n) is 6.36. The van der Waals surface area contributed by atoms with E-state index in [2.05, 4.69) is 10.1 Å². The van der Waals surface area contributed by atoms with Gasteiger partial charge in [0.2, 0.25) is 5.95 Å². The van der Waals surface area contributed by atoms with Crippen molar-refractivity contribution in [3.63, 3.8) is 0 Å². The molecule has 142 valence electrons. The van der Waals surface area contributed by atoms with E-state index in [0.29, 0.717) is 16.3 Å². The third kappa shape index (κ3) is 3.42. The molecule has 0 aliphatic carbocycles. The highest BCUT2D eigenvalue weighted by atomic mass is 35.5. The second-order valence-corrected chi connectivity index (χ2v) is 6.77. The van der Waals surface area contributed by atoms with Crippen molar-refractivity contribution in [1.29, 1.82) is 5.26 Å². The Hall–Kier alpha value is -3.76. The van der Waals surface area contributed by atoms with Gasteiger partial charge in [-0.1, -0.05) is 41.9 Å². The predicted molar refractivity (Wildman–Crippen MR) is 109 cm³/mol. The van der Waals surface area contributed by atoms with Crippen molar-refractivity contribution in [2.75, 3.05) is 5.73 Å². The monoisotopic (exact) mass is 405 g/mol. The van der Waals surface area contributed by atoms with Crippen molar-refractivity contribution in [2.45, 2.75) is 6.54 Å². The highest BCUT2D eigenvalue weighted by Gasteiger charge is 2.18. The average Bonchev–Trinajstić information content (AvgIpc) is 2.73. The summed E-state index contributed by atoms with van der Waals surface area (Å²) in [7, 11) is 0. The van der Waals surface area contributed by atoms with Crippen LogP contribution in [-0.4, -0.2) is 14.8 Å². The fourth-order valence-electron chi connectivity index (χ4n) is 3.04. The zero-order valence-electron chi connectivity index (χ0n) is 14.9. The number of hydrogen-bond donors (Lipinski definition) is 1. The summed E-state index contributed by atoms with van der Waals surface area (Å²) >= 11 is 6.04. The van der Waals surface area contributed by atoms with E-state index < -0.39 is 5.95 Å². The van der Waals surface area contributed by atoms with Gasteiger partial charge >= 0.3 is 0 Å². The van der Waals surface area contributed by atoms with Crippen LogP contribution >= 0.6 is 11.6 Å². The largest absolute Gasteiger partial charge is 0.382 e. The van der Waals surface area contributed by atoms with Crippen LogP contribution in [0.5, 0.6) is 0 Å². The Labute approximate surface area is 169 Å². The molecule has 2 heterocycles. The number of fused-ring (bicyclic) bond motifs is 1. The first-order valence-electron chi connectivity index (χ1n) is 8.58. The first kappa shape index (κ1) is 18.6. The number of pyridine rings is 1. The average molecular weight is 406 g/mol. The van der Waals surface area contributed by atoms with E-state index in [4.69, 9.17) is 22.6 Å². The Morgan fingerprint density at radius 2 is 1.83 bits per heavy atom. The summed E-state index contributed by atoms with van der Waals surface area (Å²) in [6.07, 6.45) is 0. The number of nitriles is 1. The van der Waals surface area contributed by atoms with Gasteiger partial charge in [0.15, 0.2) is 0 Å². The SMILES string of the molecule is N#Cc1ccc(Cn2nc(-c3cc(Cl)c(N)nc3F)c3ccccc3c2=O)cc1. The topological polar surface area (TPSA) is 97.6 Å². The zero-order chi connectivity index (χ0) is 20.5. The van der Waals surface area contributed by atoms with Gasteiger partial charge in [0.05, 0.1) is 34.1 Å². The van der Waals surface area contributed by atoms with E-state index in [1.54, 1.807) is 48.5 Å². The molecule has 0 unspecified atom stereocenters. The number of aromatic nitrogens is 3. The van der Waals surface area contributed by atoms with Crippen molar-refractivity contribution in [1.82, 2.24) is 14.8 Å². The fraction of sp³-hybridized carbons (Fsp3) is 0.0476. The summed E-state index contributed by atoms with van der Waals surface area (Å²) < 4.78 is 15.8. The Bertz CT molecular complexity index is 1340. The predicted octanol–water partition coefficient (Wildman–Crippen LogP) is 3.75. The lowest BCUT2D eigenvalue weighted by atomic mass is 10.1. The van der Waals surface area contributed by atoms with Crippen molar-refractivity contribution in [3.05, 3.63) is 87.0 Å². The van der Waals surface area contributed by atoms with Gasteiger partial charge in [-0.15, -0.1) is 0 Å². The molecule has 0 amide bonds. The normalized spacial score (nSPS) is 10.8. The fourth-order valence-corrected chi connectivity index (χ4v) is 3.20. The second kappa shape index (κ2) is 7.34. The molecule has 0 radical (unpaired) electrons. The summed E-state index contributed by atoms with van der Waals surface area (Å²) in [6, 6.07) is 17.0. The molecule has 0 saturated carbocycles. The van der Waals surface area contributed by atoms with Crippen molar-refractivity contribution >= 4 is 28.2 Å². The number of nitrogens with two attached hydrogens (primary N) is 1. The van der Waals surface area contributed by atoms with Crippen LogP contribution < -0.4 is 11.3 Å². The summed E-state index contributed by atoms with van der Waals surface area (Å²) in [5, 5.41) is 14.3. The van der Waals surface area contributed by atoms with Crippen molar-refractivity contribution < 1.29 is 4.39 Å². The molecule has 2 aromatic heterocycles. The van der Waals surface area contributed by atoms with E-state index in [0.717, 1.165) is 5.56 Å². The summed E-state index contributed by atoms with van der Waals surface area (Å²) in [5.41, 5.74) is 6.83. The molecular formula is C21H13ClFN5O. The molecule has 0 aliphatic rings. The highest BCUT2D eigenvalue weighted by Crippen LogP contribution is 2.30. The van der Waals surface area contributed by atoms with Crippen LogP contribution in [0.2, 0.25) is 5.02 Å². The van der Waals surface area contributed by atoms with Crippen LogP contribution in [0.15, 0.2) is 59.4 Å². The molecule has 2 aromatic carbocycles. The van der Waals surface area contributed by atoms with Gasteiger partial charge in [0.1, 0.15) is 11.5 Å². The van der Waals surface area contributed by atoms with E-state index in [1.165, 1.54) is 10.7 Å². The molecule has 4 rings (SSSR count). The van der Waals surface area contributed by atoms with Gasteiger partial charge in [-0.05, 0) is 29.8 Å². The number of nitrogen functional groups attached to an aromatic ring is 1. The van der Waals surface area contributed by atoms with Crippen LogP contribution in [0.3, 0.4) is 0 Å². The van der Waals surface area contributed by atoms with E-state index in [9.17, 15) is 9.18 Å². The summed E-state index contributed by atoms with van der Waals surface area (Å²) in [4.78, 5) is 16.6. The highest BCUT2D eigenvalue weighted by molar-refractivity contribution is 6.33. The molecule has 0 bridgehead atoms. The third-order valence-corrected chi connectivity index (χ3v) is 4.80. The van der Waals surface area contributed by atoms with E-state index in [1.807, 2.05) is 6.07 Å². The summed E-state index contributed by atoms with van der Waals surface area (Å²) in [5.74, 6) is -0.948. The molecule has 0 aliphatic heterocycles.